The van der Waals surface area contributed by atoms with Crippen molar-refractivity contribution in [2.75, 3.05) is 6.54 Å². The van der Waals surface area contributed by atoms with Crippen molar-refractivity contribution in [3.05, 3.63) is 34.9 Å². The van der Waals surface area contributed by atoms with Crippen molar-refractivity contribution < 1.29 is 24.3 Å². The Morgan fingerprint density at radius 1 is 1.35 bits per heavy atom. The summed E-state index contributed by atoms with van der Waals surface area (Å²) in [7, 11) is -1.99. The zero-order chi connectivity index (χ0) is 17.4. The van der Waals surface area contributed by atoms with Gasteiger partial charge < -0.3 is 25.3 Å². The maximum absolute atomic E-state index is 11.9. The van der Waals surface area contributed by atoms with Crippen LogP contribution < -0.4 is 10.6 Å². The Bertz CT molecular complexity index is 532. The van der Waals surface area contributed by atoms with E-state index in [4.69, 9.17) is 26.3 Å². The molecule has 7 nitrogen and oxygen atoms in total. The first kappa shape index (κ1) is 19.4. The van der Waals surface area contributed by atoms with Gasteiger partial charge in [-0.2, -0.15) is 0 Å². The number of carbonyl (C=O) groups is 2. The maximum Gasteiger partial charge on any atom is 0.635 e. The molecule has 0 aliphatic heterocycles. The highest BCUT2D eigenvalue weighted by molar-refractivity contribution is 6.32. The highest BCUT2D eigenvalue weighted by Gasteiger charge is 2.21. The minimum absolute atomic E-state index is 0.167. The van der Waals surface area contributed by atoms with E-state index < -0.39 is 25.4 Å². The molecule has 1 aromatic carbocycles. The summed E-state index contributed by atoms with van der Waals surface area (Å²) < 4.78 is 4.79. The molecule has 0 heterocycles. The van der Waals surface area contributed by atoms with E-state index in [2.05, 4.69) is 10.6 Å². The van der Waals surface area contributed by atoms with Crippen molar-refractivity contribution >= 4 is 30.7 Å². The lowest BCUT2D eigenvalue weighted by atomic mass is 10.1. The summed E-state index contributed by atoms with van der Waals surface area (Å²) in [6.45, 7) is 3.52. The van der Waals surface area contributed by atoms with Gasteiger partial charge in [-0.1, -0.05) is 31.5 Å². The Hall–Kier alpha value is -1.61. The summed E-state index contributed by atoms with van der Waals surface area (Å²) in [4.78, 5) is 23.7. The average Bonchev–Trinajstić information content (AvgIpc) is 2.43. The molecule has 0 radical (unpaired) electrons. The fourth-order valence-corrected chi connectivity index (χ4v) is 2.04. The summed E-state index contributed by atoms with van der Waals surface area (Å²) in [5.41, 5.74) is 0.339. The first-order chi connectivity index (χ1) is 10.8. The lowest BCUT2D eigenvalue weighted by Crippen LogP contribution is -2.45. The van der Waals surface area contributed by atoms with Crippen LogP contribution in [0.4, 0.5) is 0 Å². The van der Waals surface area contributed by atoms with E-state index in [9.17, 15) is 9.59 Å². The third-order valence-electron chi connectivity index (χ3n) is 2.79. The first-order valence-electron chi connectivity index (χ1n) is 7.12. The Balaban J connectivity index is 2.49. The maximum atomic E-state index is 11.9. The van der Waals surface area contributed by atoms with E-state index in [0.717, 1.165) is 0 Å². The van der Waals surface area contributed by atoms with Crippen LogP contribution in [0.15, 0.2) is 24.3 Å². The predicted molar refractivity (Wildman–Crippen MR) is 86.4 cm³/mol. The second-order valence-corrected chi connectivity index (χ2v) is 5.78. The van der Waals surface area contributed by atoms with E-state index in [-0.39, 0.29) is 12.5 Å². The third kappa shape index (κ3) is 7.99. The number of hydrogen-bond donors (Lipinski definition) is 4. The summed E-state index contributed by atoms with van der Waals surface area (Å²) in [6, 6.07) is 6.33. The molecule has 0 fully saturated rings. The normalized spacial score (nSPS) is 11.9. The van der Waals surface area contributed by atoms with Crippen LogP contribution >= 0.6 is 11.6 Å². The monoisotopic (exact) mass is 342 g/mol. The smallest absolute Gasteiger partial charge is 0.402 e. The fraction of sp³-hybridized carbons (Fsp3) is 0.429. The Morgan fingerprint density at radius 2 is 2.04 bits per heavy atom. The number of hydrogen-bond acceptors (Lipinski definition) is 5. The van der Waals surface area contributed by atoms with Gasteiger partial charge >= 0.3 is 7.32 Å². The Morgan fingerprint density at radius 3 is 2.61 bits per heavy atom. The molecule has 0 spiro atoms. The second kappa shape index (κ2) is 9.52. The Labute approximate surface area is 140 Å². The quantitative estimate of drug-likeness (QED) is 0.407. The van der Waals surface area contributed by atoms with Crippen molar-refractivity contribution in [1.29, 1.82) is 0 Å². The van der Waals surface area contributed by atoms with Crippen molar-refractivity contribution in [2.24, 2.45) is 5.92 Å². The fourth-order valence-electron chi connectivity index (χ4n) is 1.85. The van der Waals surface area contributed by atoms with Gasteiger partial charge in [0, 0.05) is 10.6 Å². The minimum atomic E-state index is -1.99. The van der Waals surface area contributed by atoms with Crippen molar-refractivity contribution in [1.82, 2.24) is 10.6 Å². The predicted octanol–water partition coefficient (Wildman–Crippen LogP) is 0.544. The SMILES string of the molecule is CC(C)C[C@H](NC(=O)CNC(=O)c1cccc(Cl)c1)OB(O)O. The lowest BCUT2D eigenvalue weighted by molar-refractivity contribution is -0.123. The third-order valence-corrected chi connectivity index (χ3v) is 3.02. The second-order valence-electron chi connectivity index (χ2n) is 5.34. The molecule has 0 aromatic heterocycles. The van der Waals surface area contributed by atoms with Gasteiger partial charge in [-0.15, -0.1) is 0 Å². The molecule has 4 N–H and O–H groups in total. The molecule has 0 bridgehead atoms. The number of nitrogens with one attached hydrogen (secondary N) is 2. The lowest BCUT2D eigenvalue weighted by Gasteiger charge is -2.21. The Kier molecular flexibility index (Phi) is 8.04. The molecule has 0 saturated carbocycles. The molecule has 0 aliphatic carbocycles. The molecule has 1 aromatic rings. The molecule has 1 rings (SSSR count). The minimum Gasteiger partial charge on any atom is -0.402 e. The van der Waals surface area contributed by atoms with E-state index >= 15 is 0 Å². The van der Waals surface area contributed by atoms with Gasteiger partial charge in [-0.25, -0.2) is 0 Å². The van der Waals surface area contributed by atoms with Gasteiger partial charge in [0.1, 0.15) is 6.23 Å². The standard InChI is InChI=1S/C14H20BClN2O5/c1-9(2)6-13(23-15(21)22)18-12(19)8-17-14(20)10-4-3-5-11(16)7-10/h3-5,7,9,13,21-22H,6,8H2,1-2H3,(H,17,20)(H,18,19)/t13-/m1/s1. The number of halogens is 1. The van der Waals surface area contributed by atoms with Crippen LogP contribution in [-0.4, -0.2) is 42.0 Å². The number of rotatable bonds is 8. The van der Waals surface area contributed by atoms with Crippen LogP contribution in [-0.2, 0) is 9.45 Å². The summed E-state index contributed by atoms with van der Waals surface area (Å²) in [5.74, 6) is -0.780. The van der Waals surface area contributed by atoms with E-state index in [0.29, 0.717) is 17.0 Å². The number of carbonyl (C=O) groups excluding carboxylic acids is 2. The first-order valence-corrected chi connectivity index (χ1v) is 7.50. The van der Waals surface area contributed by atoms with Crippen molar-refractivity contribution in [2.45, 2.75) is 26.5 Å². The van der Waals surface area contributed by atoms with Crippen molar-refractivity contribution in [3.63, 3.8) is 0 Å². The summed E-state index contributed by atoms with van der Waals surface area (Å²) >= 11 is 5.79. The highest BCUT2D eigenvalue weighted by atomic mass is 35.5. The molecule has 0 unspecified atom stereocenters. The number of benzene rings is 1. The van der Waals surface area contributed by atoms with Crippen LogP contribution in [0.25, 0.3) is 0 Å². The van der Waals surface area contributed by atoms with Crippen LogP contribution in [0.2, 0.25) is 5.02 Å². The highest BCUT2D eigenvalue weighted by Crippen LogP contribution is 2.10. The van der Waals surface area contributed by atoms with E-state index in [1.165, 1.54) is 6.07 Å². The molecule has 2 amide bonds. The zero-order valence-corrected chi connectivity index (χ0v) is 13.7. The molecule has 0 aliphatic rings. The van der Waals surface area contributed by atoms with Crippen LogP contribution in [0, 0.1) is 5.92 Å². The molecular formula is C14H20BClN2O5. The molecule has 0 saturated heterocycles. The van der Waals surface area contributed by atoms with E-state index in [1.807, 2.05) is 13.8 Å². The van der Waals surface area contributed by atoms with Crippen LogP contribution in [0.5, 0.6) is 0 Å². The average molecular weight is 343 g/mol. The topological polar surface area (TPSA) is 108 Å². The van der Waals surface area contributed by atoms with Crippen LogP contribution in [0.1, 0.15) is 30.6 Å². The van der Waals surface area contributed by atoms with Crippen LogP contribution in [0.3, 0.4) is 0 Å². The van der Waals surface area contributed by atoms with Gasteiger partial charge in [-0.3, -0.25) is 9.59 Å². The molecule has 23 heavy (non-hydrogen) atoms. The van der Waals surface area contributed by atoms with Gasteiger partial charge in [0.2, 0.25) is 5.91 Å². The largest absolute Gasteiger partial charge is 0.635 e. The van der Waals surface area contributed by atoms with Gasteiger partial charge in [0.25, 0.3) is 5.91 Å². The molecule has 1 atom stereocenters. The van der Waals surface area contributed by atoms with Gasteiger partial charge in [0.15, 0.2) is 0 Å². The summed E-state index contributed by atoms with van der Waals surface area (Å²) in [6.07, 6.45) is -0.462. The zero-order valence-electron chi connectivity index (χ0n) is 13.0. The van der Waals surface area contributed by atoms with Gasteiger partial charge in [-0.05, 0) is 30.5 Å². The molecular weight excluding hydrogens is 322 g/mol. The molecule has 126 valence electrons. The van der Waals surface area contributed by atoms with Crippen molar-refractivity contribution in [3.8, 4) is 0 Å². The summed E-state index contributed by atoms with van der Waals surface area (Å²) in [5, 5.41) is 23.0. The molecule has 9 heteroatoms. The van der Waals surface area contributed by atoms with E-state index in [1.54, 1.807) is 18.2 Å². The number of amides is 2. The van der Waals surface area contributed by atoms with Gasteiger partial charge in [0.05, 0.1) is 6.54 Å².